The average Bonchev–Trinajstić information content (AvgIpc) is 3.05. The molecule has 0 atom stereocenters. The van der Waals surface area contributed by atoms with Crippen LogP contribution in [-0.4, -0.2) is 18.7 Å². The quantitative estimate of drug-likeness (QED) is 0.245. The molecular formula is C20H31ClFNOS3. The van der Waals surface area contributed by atoms with Crippen LogP contribution < -0.4 is 0 Å². The van der Waals surface area contributed by atoms with Crippen LogP contribution in [0.3, 0.4) is 0 Å². The maximum atomic E-state index is 14.3. The summed E-state index contributed by atoms with van der Waals surface area (Å²) in [6.45, 7) is 9.02. The first-order chi connectivity index (χ1) is 13.0. The number of hydrogen-bond donors (Lipinski definition) is 2. The number of rotatable bonds is 8. The second-order valence-electron chi connectivity index (χ2n) is 6.07. The van der Waals surface area contributed by atoms with Crippen molar-refractivity contribution in [3.05, 3.63) is 38.9 Å². The molecule has 27 heavy (non-hydrogen) atoms. The summed E-state index contributed by atoms with van der Waals surface area (Å²) >= 11 is 14.0. The van der Waals surface area contributed by atoms with E-state index in [-0.39, 0.29) is 5.82 Å². The molecule has 0 saturated carbocycles. The Bertz CT molecular complexity index is 650. The Morgan fingerprint density at radius 3 is 2.44 bits per heavy atom. The second kappa shape index (κ2) is 15.6. The third-order valence-corrected chi connectivity index (χ3v) is 4.96. The van der Waals surface area contributed by atoms with Crippen molar-refractivity contribution >= 4 is 46.3 Å². The summed E-state index contributed by atoms with van der Waals surface area (Å²) in [6.07, 6.45) is 3.49. The van der Waals surface area contributed by atoms with Crippen molar-refractivity contribution in [2.45, 2.75) is 53.4 Å². The normalized spacial score (nSPS) is 10.1. The van der Waals surface area contributed by atoms with Crippen molar-refractivity contribution in [2.75, 3.05) is 13.7 Å². The fourth-order valence-corrected chi connectivity index (χ4v) is 3.63. The van der Waals surface area contributed by atoms with Gasteiger partial charge in [-0.05, 0) is 43.2 Å². The van der Waals surface area contributed by atoms with Gasteiger partial charge in [-0.2, -0.15) is 0 Å². The van der Waals surface area contributed by atoms with Crippen molar-refractivity contribution in [3.8, 4) is 11.3 Å². The molecule has 7 heteroatoms. The van der Waals surface area contributed by atoms with Crippen molar-refractivity contribution in [3.63, 3.8) is 0 Å². The Morgan fingerprint density at radius 1 is 1.22 bits per heavy atom. The topological polar surface area (TPSA) is 22.1 Å². The van der Waals surface area contributed by atoms with E-state index in [1.165, 1.54) is 11.3 Å². The van der Waals surface area contributed by atoms with Crippen LogP contribution in [0, 0.1) is 11.7 Å². The van der Waals surface area contributed by atoms with E-state index in [2.05, 4.69) is 42.2 Å². The maximum Gasteiger partial charge on any atom is 0.184 e. The van der Waals surface area contributed by atoms with Gasteiger partial charge in [0.05, 0.1) is 5.69 Å². The zero-order chi connectivity index (χ0) is 20.8. The summed E-state index contributed by atoms with van der Waals surface area (Å²) in [5, 5.41) is 0. The predicted octanol–water partition coefficient (Wildman–Crippen LogP) is 7.56. The van der Waals surface area contributed by atoms with Gasteiger partial charge in [-0.15, -0.1) is 34.7 Å². The Kier molecular flexibility index (Phi) is 15.5. The zero-order valence-electron chi connectivity index (χ0n) is 16.8. The molecule has 0 bridgehead atoms. The van der Waals surface area contributed by atoms with Gasteiger partial charge in [0.15, 0.2) is 4.47 Å². The molecule has 0 aliphatic carbocycles. The van der Waals surface area contributed by atoms with Crippen LogP contribution in [0.25, 0.3) is 11.3 Å². The lowest BCUT2D eigenvalue weighted by Gasteiger charge is -2.07. The number of hydrogen-bond acceptors (Lipinski definition) is 5. The maximum absolute atomic E-state index is 14.3. The van der Waals surface area contributed by atoms with E-state index >= 15 is 0 Å². The highest BCUT2D eigenvalue weighted by Crippen LogP contribution is 2.33. The van der Waals surface area contributed by atoms with Gasteiger partial charge >= 0.3 is 0 Å². The summed E-state index contributed by atoms with van der Waals surface area (Å²) in [5.74, 6) is 0.432. The van der Waals surface area contributed by atoms with Crippen molar-refractivity contribution in [1.29, 1.82) is 0 Å². The standard InChI is InChI=1S/C18H23ClFNOS.C2H6.H2S2/c1-12(2)6-9-16-17(21-18(19)23-16)14-8-7-13(15(20)11-14)5-4-10-22-3;2*1-2/h7-8,11-12H,4-6,9-10H2,1-3H3;1-2H3;1-2H. The van der Waals surface area contributed by atoms with E-state index in [4.69, 9.17) is 16.3 Å². The monoisotopic (exact) mass is 451 g/mol. The van der Waals surface area contributed by atoms with Gasteiger partial charge in [-0.25, -0.2) is 9.37 Å². The third kappa shape index (κ3) is 9.66. The lowest BCUT2D eigenvalue weighted by molar-refractivity contribution is 0.195. The smallest absolute Gasteiger partial charge is 0.184 e. The van der Waals surface area contributed by atoms with Crippen LogP contribution in [0.1, 0.15) is 51.0 Å². The van der Waals surface area contributed by atoms with Crippen LogP contribution >= 0.6 is 46.3 Å². The van der Waals surface area contributed by atoms with Crippen LogP contribution in [0.15, 0.2) is 18.2 Å². The second-order valence-corrected chi connectivity index (χ2v) is 7.74. The highest BCUT2D eigenvalue weighted by Gasteiger charge is 2.14. The minimum absolute atomic E-state index is 0.183. The largest absolute Gasteiger partial charge is 0.385 e. The summed E-state index contributed by atoms with van der Waals surface area (Å²) in [7, 11) is 1.66. The number of nitrogens with zero attached hydrogens (tertiary/aromatic N) is 1. The van der Waals surface area contributed by atoms with E-state index in [1.807, 2.05) is 26.0 Å². The first-order valence-corrected chi connectivity index (χ1v) is 11.9. The molecule has 1 aromatic heterocycles. The number of ether oxygens (including phenoxy) is 1. The highest BCUT2D eigenvalue weighted by molar-refractivity contribution is 8.59. The average molecular weight is 452 g/mol. The molecule has 0 aliphatic rings. The highest BCUT2D eigenvalue weighted by atomic mass is 35.5. The van der Waals surface area contributed by atoms with Crippen molar-refractivity contribution in [2.24, 2.45) is 5.92 Å². The predicted molar refractivity (Wildman–Crippen MR) is 125 cm³/mol. The summed E-state index contributed by atoms with van der Waals surface area (Å²) in [4.78, 5) is 5.54. The third-order valence-electron chi connectivity index (χ3n) is 3.74. The molecule has 0 radical (unpaired) electrons. The Hall–Kier alpha value is -0.270. The molecule has 2 aromatic rings. The van der Waals surface area contributed by atoms with Crippen molar-refractivity contribution in [1.82, 2.24) is 4.98 Å². The van der Waals surface area contributed by atoms with Crippen molar-refractivity contribution < 1.29 is 9.13 Å². The molecule has 0 fully saturated rings. The van der Waals surface area contributed by atoms with Gasteiger partial charge in [0.25, 0.3) is 0 Å². The molecule has 0 unspecified atom stereocenters. The lowest BCUT2D eigenvalue weighted by atomic mass is 10.0. The van der Waals surface area contributed by atoms with Gasteiger partial charge < -0.3 is 4.74 Å². The van der Waals surface area contributed by atoms with Gasteiger partial charge in [0.2, 0.25) is 0 Å². The Balaban J connectivity index is 0.00000158. The van der Waals surface area contributed by atoms with Crippen LogP contribution in [0.4, 0.5) is 4.39 Å². The summed E-state index contributed by atoms with van der Waals surface area (Å²) in [6, 6.07) is 5.36. The number of methoxy groups -OCH3 is 1. The van der Waals surface area contributed by atoms with Gasteiger partial charge in [-0.3, -0.25) is 0 Å². The minimum Gasteiger partial charge on any atom is -0.385 e. The Morgan fingerprint density at radius 2 is 1.89 bits per heavy atom. The molecule has 2 nitrogen and oxygen atoms in total. The van der Waals surface area contributed by atoms with Gasteiger partial charge in [0, 0.05) is 24.2 Å². The molecule has 1 aromatic carbocycles. The number of benzene rings is 1. The number of thiol groups is 2. The van der Waals surface area contributed by atoms with E-state index in [9.17, 15) is 4.39 Å². The zero-order valence-corrected chi connectivity index (χ0v) is 20.1. The molecule has 154 valence electrons. The molecular weight excluding hydrogens is 421 g/mol. The molecule has 2 rings (SSSR count). The number of aryl methyl sites for hydroxylation is 2. The first-order valence-electron chi connectivity index (χ1n) is 9.14. The van der Waals surface area contributed by atoms with E-state index < -0.39 is 0 Å². The minimum atomic E-state index is -0.183. The number of halogens is 2. The molecule has 0 N–H and O–H groups in total. The van der Waals surface area contributed by atoms with Crippen LogP contribution in [-0.2, 0) is 17.6 Å². The van der Waals surface area contributed by atoms with E-state index in [0.717, 1.165) is 41.0 Å². The fraction of sp³-hybridized carbons (Fsp3) is 0.550. The SMILES string of the molecule is CC.COCCCc1ccc(-c2nc(Cl)sc2CCC(C)C)cc1F.SS. The Labute approximate surface area is 183 Å². The number of aromatic nitrogens is 1. The molecule has 0 aliphatic heterocycles. The van der Waals surface area contributed by atoms with Crippen LogP contribution in [0.5, 0.6) is 0 Å². The molecule has 0 spiro atoms. The lowest BCUT2D eigenvalue weighted by Crippen LogP contribution is -1.97. The van der Waals surface area contributed by atoms with Gasteiger partial charge in [-0.1, -0.05) is 51.4 Å². The van der Waals surface area contributed by atoms with Gasteiger partial charge in [0.1, 0.15) is 5.82 Å². The van der Waals surface area contributed by atoms with E-state index in [0.29, 0.717) is 23.4 Å². The first kappa shape index (κ1) is 26.7. The number of thiazole rings is 1. The van der Waals surface area contributed by atoms with E-state index in [1.54, 1.807) is 13.2 Å². The fourth-order valence-electron chi connectivity index (χ4n) is 2.44. The summed E-state index contributed by atoms with van der Waals surface area (Å²) < 4.78 is 19.8. The van der Waals surface area contributed by atoms with Crippen LogP contribution in [0.2, 0.25) is 4.47 Å². The molecule has 0 saturated heterocycles. The summed E-state index contributed by atoms with van der Waals surface area (Å²) in [5.41, 5.74) is 2.35. The molecule has 1 heterocycles. The molecule has 0 amide bonds.